The van der Waals surface area contributed by atoms with Gasteiger partial charge in [-0.25, -0.2) is 9.67 Å². The van der Waals surface area contributed by atoms with E-state index in [0.717, 1.165) is 28.2 Å². The third-order valence-corrected chi connectivity index (χ3v) is 5.33. The lowest BCUT2D eigenvalue weighted by atomic mass is 10.3. The van der Waals surface area contributed by atoms with E-state index in [1.165, 1.54) is 0 Å². The van der Waals surface area contributed by atoms with Crippen molar-refractivity contribution in [2.24, 2.45) is 0 Å². The van der Waals surface area contributed by atoms with E-state index < -0.39 is 0 Å². The molecule has 0 bridgehead atoms. The lowest BCUT2D eigenvalue weighted by Crippen LogP contribution is -2.14. The number of thioether (sulfide) groups is 1. The van der Waals surface area contributed by atoms with Gasteiger partial charge in [0.15, 0.2) is 0 Å². The Morgan fingerprint density at radius 2 is 2.00 bits per heavy atom. The monoisotopic (exact) mass is 377 g/mol. The molecule has 0 aliphatic carbocycles. The van der Waals surface area contributed by atoms with Crippen molar-refractivity contribution in [3.8, 4) is 5.69 Å². The maximum absolute atomic E-state index is 12.3. The van der Waals surface area contributed by atoms with Crippen LogP contribution in [-0.4, -0.2) is 31.4 Å². The van der Waals surface area contributed by atoms with Crippen LogP contribution >= 0.6 is 11.8 Å². The quantitative estimate of drug-likeness (QED) is 0.528. The molecular weight excluding hydrogens is 358 g/mol. The van der Waals surface area contributed by atoms with Crippen LogP contribution in [0, 0.1) is 0 Å². The molecule has 6 nitrogen and oxygen atoms in total. The van der Waals surface area contributed by atoms with Crippen LogP contribution in [0.2, 0.25) is 0 Å². The molecule has 0 aliphatic rings. The summed E-state index contributed by atoms with van der Waals surface area (Å²) in [5.74, 6) is 1.21. The van der Waals surface area contributed by atoms with Crippen LogP contribution in [0.5, 0.6) is 0 Å². The Hall–Kier alpha value is -3.06. The number of hydrogen-bond donors (Lipinski definition) is 2. The predicted octanol–water partition coefficient (Wildman–Crippen LogP) is 4.18. The highest BCUT2D eigenvalue weighted by molar-refractivity contribution is 8.00. The van der Waals surface area contributed by atoms with Crippen molar-refractivity contribution in [1.82, 2.24) is 19.7 Å². The van der Waals surface area contributed by atoms with Crippen LogP contribution in [0.15, 0.2) is 67.0 Å². The van der Waals surface area contributed by atoms with Crippen molar-refractivity contribution < 1.29 is 4.79 Å². The molecule has 0 radical (unpaired) electrons. The Morgan fingerprint density at radius 1 is 1.19 bits per heavy atom. The third-order valence-electron chi connectivity index (χ3n) is 4.18. The molecule has 0 saturated heterocycles. The van der Waals surface area contributed by atoms with Gasteiger partial charge in [0, 0.05) is 18.1 Å². The molecule has 1 amide bonds. The van der Waals surface area contributed by atoms with Gasteiger partial charge in [0.1, 0.15) is 5.82 Å². The second kappa shape index (κ2) is 7.67. The molecule has 1 unspecified atom stereocenters. The maximum atomic E-state index is 12.3. The number of nitrogens with one attached hydrogen (secondary N) is 2. The van der Waals surface area contributed by atoms with Crippen LogP contribution in [0.1, 0.15) is 18.0 Å². The van der Waals surface area contributed by atoms with Gasteiger partial charge in [-0.1, -0.05) is 12.1 Å². The van der Waals surface area contributed by atoms with Gasteiger partial charge < -0.3 is 10.3 Å². The molecule has 4 aromatic rings. The topological polar surface area (TPSA) is 75.6 Å². The average Bonchev–Trinajstić information content (AvgIpc) is 3.36. The fourth-order valence-corrected chi connectivity index (χ4v) is 3.50. The number of benzene rings is 2. The molecule has 0 aliphatic heterocycles. The van der Waals surface area contributed by atoms with Crippen molar-refractivity contribution in [2.45, 2.75) is 12.2 Å². The normalized spacial score (nSPS) is 12.2. The van der Waals surface area contributed by atoms with Gasteiger partial charge in [-0.15, -0.1) is 11.8 Å². The molecule has 2 N–H and O–H groups in total. The summed E-state index contributed by atoms with van der Waals surface area (Å²) in [5, 5.41) is 7.22. The zero-order valence-electron chi connectivity index (χ0n) is 14.8. The van der Waals surface area contributed by atoms with Crippen LogP contribution in [0.4, 0.5) is 5.69 Å². The molecule has 1 atom stereocenters. The molecule has 27 heavy (non-hydrogen) atoms. The molecule has 2 heterocycles. The number of H-pyrrole nitrogens is 1. The number of fused-ring (bicyclic) bond motifs is 1. The van der Waals surface area contributed by atoms with E-state index in [1.807, 2.05) is 60.8 Å². The van der Waals surface area contributed by atoms with Crippen LogP contribution in [0.25, 0.3) is 16.7 Å². The summed E-state index contributed by atoms with van der Waals surface area (Å²) in [6, 6.07) is 17.4. The number of hydrogen-bond acceptors (Lipinski definition) is 4. The molecule has 0 saturated carbocycles. The number of carbonyl (C=O) groups excluding carboxylic acids is 1. The molecule has 0 spiro atoms. The molecule has 2 aromatic heterocycles. The number of rotatable bonds is 6. The molecule has 136 valence electrons. The van der Waals surface area contributed by atoms with Gasteiger partial charge in [-0.05, 0) is 49.4 Å². The van der Waals surface area contributed by atoms with Crippen molar-refractivity contribution in [2.75, 3.05) is 11.1 Å². The van der Waals surface area contributed by atoms with Crippen molar-refractivity contribution in [1.29, 1.82) is 0 Å². The predicted molar refractivity (Wildman–Crippen MR) is 109 cm³/mol. The molecule has 2 aromatic carbocycles. The van der Waals surface area contributed by atoms with Crippen LogP contribution < -0.4 is 5.32 Å². The summed E-state index contributed by atoms with van der Waals surface area (Å²) < 4.78 is 1.77. The first-order valence-electron chi connectivity index (χ1n) is 8.65. The minimum atomic E-state index is -0.0326. The summed E-state index contributed by atoms with van der Waals surface area (Å²) in [7, 11) is 0. The molecule has 7 heteroatoms. The summed E-state index contributed by atoms with van der Waals surface area (Å²) in [4.78, 5) is 20.2. The number of nitrogens with zero attached hydrogens (tertiary/aromatic N) is 3. The van der Waals surface area contributed by atoms with E-state index in [1.54, 1.807) is 22.6 Å². The molecule has 4 rings (SSSR count). The third kappa shape index (κ3) is 4.03. The lowest BCUT2D eigenvalue weighted by molar-refractivity contribution is -0.113. The average molecular weight is 377 g/mol. The standard InChI is InChI=1S/C20H19N5OS/c1-14(20-23-17-5-2-3-6-18(17)24-20)27-13-19(26)22-15-7-9-16(10-8-15)25-12-4-11-21-25/h2-12,14H,13H2,1H3,(H,22,26)(H,23,24). The number of anilines is 1. The highest BCUT2D eigenvalue weighted by Crippen LogP contribution is 2.27. The number of imidazole rings is 1. The van der Waals surface area contributed by atoms with E-state index in [4.69, 9.17) is 0 Å². The van der Waals surface area contributed by atoms with Crippen molar-refractivity contribution in [3.05, 3.63) is 72.8 Å². The Morgan fingerprint density at radius 3 is 2.74 bits per heavy atom. The van der Waals surface area contributed by atoms with Gasteiger partial charge >= 0.3 is 0 Å². The number of aromatic nitrogens is 4. The van der Waals surface area contributed by atoms with E-state index >= 15 is 0 Å². The van der Waals surface area contributed by atoms with Crippen LogP contribution in [0.3, 0.4) is 0 Å². The summed E-state index contributed by atoms with van der Waals surface area (Å²) in [6.07, 6.45) is 3.61. The number of amides is 1. The lowest BCUT2D eigenvalue weighted by Gasteiger charge is -2.09. The number of aromatic amines is 1. The maximum Gasteiger partial charge on any atom is 0.234 e. The van der Waals surface area contributed by atoms with Gasteiger partial charge in [0.05, 0.1) is 27.7 Å². The number of para-hydroxylation sites is 2. The first-order valence-corrected chi connectivity index (χ1v) is 9.70. The fourth-order valence-electron chi connectivity index (χ4n) is 2.76. The minimum absolute atomic E-state index is 0.0326. The van der Waals surface area contributed by atoms with Gasteiger partial charge in [0.2, 0.25) is 5.91 Å². The van der Waals surface area contributed by atoms with Crippen molar-refractivity contribution in [3.63, 3.8) is 0 Å². The Kier molecular flexibility index (Phi) is 4.93. The first kappa shape index (κ1) is 17.4. The zero-order valence-corrected chi connectivity index (χ0v) is 15.6. The summed E-state index contributed by atoms with van der Waals surface area (Å²) in [6.45, 7) is 2.05. The highest BCUT2D eigenvalue weighted by Gasteiger charge is 2.13. The fraction of sp³-hybridized carbons (Fsp3) is 0.150. The Balaban J connectivity index is 1.32. The van der Waals surface area contributed by atoms with Crippen molar-refractivity contribution >= 4 is 34.4 Å². The van der Waals surface area contributed by atoms with E-state index in [0.29, 0.717) is 5.75 Å². The van der Waals surface area contributed by atoms with E-state index in [9.17, 15) is 4.79 Å². The largest absolute Gasteiger partial charge is 0.341 e. The Labute approximate surface area is 161 Å². The Bertz CT molecular complexity index is 1010. The van der Waals surface area contributed by atoms with E-state index in [-0.39, 0.29) is 11.2 Å². The van der Waals surface area contributed by atoms with E-state index in [2.05, 4.69) is 27.3 Å². The molecule has 0 fully saturated rings. The summed E-state index contributed by atoms with van der Waals surface area (Å²) in [5.41, 5.74) is 3.68. The summed E-state index contributed by atoms with van der Waals surface area (Å²) >= 11 is 1.55. The first-order chi connectivity index (χ1) is 13.2. The SMILES string of the molecule is CC(SCC(=O)Nc1ccc(-n2cccn2)cc1)c1nc2ccccc2[nH]1. The zero-order chi connectivity index (χ0) is 18.6. The van der Waals surface area contributed by atoms with Crippen LogP contribution in [-0.2, 0) is 4.79 Å². The second-order valence-corrected chi connectivity index (χ2v) is 7.47. The minimum Gasteiger partial charge on any atom is -0.341 e. The number of carbonyl (C=O) groups is 1. The smallest absolute Gasteiger partial charge is 0.234 e. The van der Waals surface area contributed by atoms with Gasteiger partial charge in [0.25, 0.3) is 0 Å². The highest BCUT2D eigenvalue weighted by atomic mass is 32.2. The van der Waals surface area contributed by atoms with Gasteiger partial charge in [-0.2, -0.15) is 5.10 Å². The second-order valence-electron chi connectivity index (χ2n) is 6.14. The van der Waals surface area contributed by atoms with Gasteiger partial charge in [-0.3, -0.25) is 4.79 Å². The molecular formula is C20H19N5OS.